The summed E-state index contributed by atoms with van der Waals surface area (Å²) in [5, 5.41) is 2.58. The minimum Gasteiger partial charge on any atom is -0.490 e. The van der Waals surface area contributed by atoms with E-state index in [4.69, 9.17) is 21.1 Å². The molecule has 1 aliphatic rings. The van der Waals surface area contributed by atoms with E-state index in [0.29, 0.717) is 29.4 Å². The number of carbonyl (C=O) groups is 2. The molecule has 0 radical (unpaired) electrons. The van der Waals surface area contributed by atoms with Gasteiger partial charge in [-0.3, -0.25) is 9.59 Å². The minimum absolute atomic E-state index is 0.0628. The molecule has 2 aromatic carbocycles. The number of piperidine rings is 1. The molecular weight excluding hydrogens is 411 g/mol. The second kappa shape index (κ2) is 10.3. The average molecular weight is 435 g/mol. The van der Waals surface area contributed by atoms with Crippen LogP contribution in [0.25, 0.3) is 0 Å². The first-order valence-electron chi connectivity index (χ1n) is 9.91. The predicted octanol–water partition coefficient (Wildman–Crippen LogP) is 4.52. The van der Waals surface area contributed by atoms with E-state index in [-0.39, 0.29) is 17.5 Å². The molecule has 160 valence electrons. The zero-order valence-corrected chi connectivity index (χ0v) is 17.5. The first kappa shape index (κ1) is 21.9. The van der Waals surface area contributed by atoms with E-state index in [1.807, 2.05) is 6.92 Å². The van der Waals surface area contributed by atoms with E-state index in [0.717, 1.165) is 32.4 Å². The van der Waals surface area contributed by atoms with Gasteiger partial charge in [-0.1, -0.05) is 11.6 Å². The number of nitrogens with one attached hydrogen (secondary N) is 1. The number of likely N-dealkylation sites (tertiary alicyclic amines) is 1. The topological polar surface area (TPSA) is 67.9 Å². The highest BCUT2D eigenvalue weighted by Crippen LogP contribution is 2.29. The van der Waals surface area contributed by atoms with Crippen LogP contribution in [0, 0.1) is 5.82 Å². The number of halogens is 2. The lowest BCUT2D eigenvalue weighted by Crippen LogP contribution is -2.38. The van der Waals surface area contributed by atoms with Crippen LogP contribution in [0.3, 0.4) is 0 Å². The largest absolute Gasteiger partial charge is 0.490 e. The lowest BCUT2D eigenvalue weighted by atomic mass is 10.1. The first-order chi connectivity index (χ1) is 14.5. The fourth-order valence-electron chi connectivity index (χ4n) is 3.19. The number of anilines is 1. The van der Waals surface area contributed by atoms with Crippen LogP contribution in [-0.4, -0.2) is 43.0 Å². The molecule has 8 heteroatoms. The monoisotopic (exact) mass is 434 g/mol. The van der Waals surface area contributed by atoms with E-state index in [1.165, 1.54) is 18.2 Å². The van der Waals surface area contributed by atoms with Crippen LogP contribution in [0.15, 0.2) is 36.4 Å². The number of rotatable bonds is 7. The molecule has 0 aromatic heterocycles. The minimum atomic E-state index is -0.561. The lowest BCUT2D eigenvalue weighted by Gasteiger charge is -2.26. The van der Waals surface area contributed by atoms with Crippen molar-refractivity contribution in [3.63, 3.8) is 0 Å². The molecule has 0 atom stereocenters. The molecule has 6 nitrogen and oxygen atoms in total. The molecular formula is C22H24ClFN2O4. The zero-order valence-electron chi connectivity index (χ0n) is 16.7. The standard InChI is InChI=1S/C22H24ClFN2O4/c1-2-29-20-12-15(22(28)25-16-7-8-18(24)17(23)13-16)6-9-19(20)30-14-21(27)26-10-4-3-5-11-26/h6-9,12-13H,2-5,10-11,14H2,1H3,(H,25,28). The predicted molar refractivity (Wildman–Crippen MR) is 113 cm³/mol. The van der Waals surface area contributed by atoms with E-state index < -0.39 is 11.7 Å². The summed E-state index contributed by atoms with van der Waals surface area (Å²) in [4.78, 5) is 26.7. The first-order valence-corrected chi connectivity index (χ1v) is 10.3. The van der Waals surface area contributed by atoms with Crippen molar-refractivity contribution < 1.29 is 23.5 Å². The van der Waals surface area contributed by atoms with Crippen LogP contribution in [0.1, 0.15) is 36.5 Å². The highest BCUT2D eigenvalue weighted by atomic mass is 35.5. The third kappa shape index (κ3) is 5.63. The fraction of sp³-hybridized carbons (Fsp3) is 0.364. The van der Waals surface area contributed by atoms with Crippen LogP contribution in [0.4, 0.5) is 10.1 Å². The molecule has 1 heterocycles. The van der Waals surface area contributed by atoms with Gasteiger partial charge in [0.05, 0.1) is 11.6 Å². The van der Waals surface area contributed by atoms with Crippen molar-refractivity contribution in [2.24, 2.45) is 0 Å². The Hall–Kier alpha value is -2.80. The fourth-order valence-corrected chi connectivity index (χ4v) is 3.37. The van der Waals surface area contributed by atoms with Gasteiger partial charge in [0.2, 0.25) is 0 Å². The highest BCUT2D eigenvalue weighted by Gasteiger charge is 2.18. The van der Waals surface area contributed by atoms with Crippen molar-refractivity contribution in [1.29, 1.82) is 0 Å². The van der Waals surface area contributed by atoms with Crippen molar-refractivity contribution in [3.8, 4) is 11.5 Å². The van der Waals surface area contributed by atoms with Gasteiger partial charge in [-0.2, -0.15) is 0 Å². The van der Waals surface area contributed by atoms with Crippen LogP contribution in [-0.2, 0) is 4.79 Å². The maximum atomic E-state index is 13.3. The molecule has 1 saturated heterocycles. The van der Waals surface area contributed by atoms with E-state index in [9.17, 15) is 14.0 Å². The maximum Gasteiger partial charge on any atom is 0.260 e. The Morgan fingerprint density at radius 1 is 1.07 bits per heavy atom. The number of hydrogen-bond acceptors (Lipinski definition) is 4. The Bertz CT molecular complexity index is 916. The van der Waals surface area contributed by atoms with Gasteiger partial charge < -0.3 is 19.7 Å². The molecule has 1 aliphatic heterocycles. The second-order valence-corrected chi connectivity index (χ2v) is 7.31. The molecule has 0 saturated carbocycles. The molecule has 30 heavy (non-hydrogen) atoms. The van der Waals surface area contributed by atoms with Gasteiger partial charge in [-0.15, -0.1) is 0 Å². The summed E-state index contributed by atoms with van der Waals surface area (Å²) in [7, 11) is 0. The quantitative estimate of drug-likeness (QED) is 0.695. The molecule has 1 fully saturated rings. The van der Waals surface area contributed by atoms with Crippen molar-refractivity contribution in [1.82, 2.24) is 4.90 Å². The van der Waals surface area contributed by atoms with Gasteiger partial charge in [0.1, 0.15) is 5.82 Å². The van der Waals surface area contributed by atoms with E-state index in [1.54, 1.807) is 23.1 Å². The van der Waals surface area contributed by atoms with Crippen molar-refractivity contribution in [2.75, 3.05) is 31.6 Å². The third-order valence-electron chi connectivity index (χ3n) is 4.74. The number of hydrogen-bond donors (Lipinski definition) is 1. The van der Waals surface area contributed by atoms with Gasteiger partial charge in [0, 0.05) is 24.3 Å². The Labute approximate surface area is 179 Å². The summed E-state index contributed by atoms with van der Waals surface area (Å²) in [5.41, 5.74) is 0.699. The Kier molecular flexibility index (Phi) is 7.52. The van der Waals surface area contributed by atoms with Gasteiger partial charge in [-0.05, 0) is 62.6 Å². The molecule has 0 unspecified atom stereocenters. The summed E-state index contributed by atoms with van der Waals surface area (Å²) in [5.74, 6) is -0.270. The summed E-state index contributed by atoms with van der Waals surface area (Å²) in [6.45, 7) is 3.62. The Balaban J connectivity index is 1.68. The van der Waals surface area contributed by atoms with Crippen LogP contribution in [0.5, 0.6) is 11.5 Å². The van der Waals surface area contributed by atoms with Crippen LogP contribution >= 0.6 is 11.6 Å². The Morgan fingerprint density at radius 2 is 1.83 bits per heavy atom. The van der Waals surface area contributed by atoms with E-state index >= 15 is 0 Å². The number of amides is 2. The van der Waals surface area contributed by atoms with E-state index in [2.05, 4.69) is 5.32 Å². The molecule has 2 amide bonds. The molecule has 1 N–H and O–H groups in total. The molecule has 0 aliphatic carbocycles. The smallest absolute Gasteiger partial charge is 0.260 e. The summed E-state index contributed by atoms with van der Waals surface area (Å²) >= 11 is 5.75. The summed E-state index contributed by atoms with van der Waals surface area (Å²) in [6.07, 6.45) is 3.17. The normalized spacial score (nSPS) is 13.6. The summed E-state index contributed by atoms with van der Waals surface area (Å²) in [6, 6.07) is 8.66. The van der Waals surface area contributed by atoms with Gasteiger partial charge >= 0.3 is 0 Å². The number of ether oxygens (including phenoxy) is 2. The summed E-state index contributed by atoms with van der Waals surface area (Å²) < 4.78 is 24.6. The van der Waals surface area contributed by atoms with Gasteiger partial charge in [0.15, 0.2) is 18.1 Å². The highest BCUT2D eigenvalue weighted by molar-refractivity contribution is 6.31. The molecule has 3 rings (SSSR count). The molecule has 0 spiro atoms. The lowest BCUT2D eigenvalue weighted by molar-refractivity contribution is -0.134. The average Bonchev–Trinajstić information content (AvgIpc) is 2.76. The van der Waals surface area contributed by atoms with Crippen molar-refractivity contribution in [3.05, 3.63) is 52.8 Å². The van der Waals surface area contributed by atoms with Crippen molar-refractivity contribution >= 4 is 29.1 Å². The van der Waals surface area contributed by atoms with Crippen LogP contribution < -0.4 is 14.8 Å². The SMILES string of the molecule is CCOc1cc(C(=O)Nc2ccc(F)c(Cl)c2)ccc1OCC(=O)N1CCCCC1. The van der Waals surface area contributed by atoms with Gasteiger partial charge in [-0.25, -0.2) is 4.39 Å². The van der Waals surface area contributed by atoms with Gasteiger partial charge in [0.25, 0.3) is 11.8 Å². The molecule has 0 bridgehead atoms. The van der Waals surface area contributed by atoms with Crippen LogP contribution in [0.2, 0.25) is 5.02 Å². The van der Waals surface area contributed by atoms with Crippen molar-refractivity contribution in [2.45, 2.75) is 26.2 Å². The zero-order chi connectivity index (χ0) is 21.5. The second-order valence-electron chi connectivity index (χ2n) is 6.91. The molecule has 2 aromatic rings. The number of nitrogens with zero attached hydrogens (tertiary/aromatic N) is 1. The number of benzene rings is 2. The number of carbonyl (C=O) groups excluding carboxylic acids is 2. The maximum absolute atomic E-state index is 13.3. The Morgan fingerprint density at radius 3 is 2.53 bits per heavy atom. The third-order valence-corrected chi connectivity index (χ3v) is 5.03.